The predicted molar refractivity (Wildman–Crippen MR) is 302 cm³/mol. The molecule has 0 aliphatic heterocycles. The molecule has 9 aromatic carbocycles. The molecule has 10 heteroatoms. The van der Waals surface area contributed by atoms with E-state index >= 15 is 0 Å². The Morgan fingerprint density at radius 3 is 1.64 bits per heavy atom. The number of aromatic nitrogens is 2. The average Bonchev–Trinajstić information content (AvgIpc) is 4.00. The van der Waals surface area contributed by atoms with Gasteiger partial charge in [0.15, 0.2) is 0 Å². The Hall–Kier alpha value is -6.75. The second-order valence-electron chi connectivity index (χ2n) is 17.9. The molecular weight excluding hydrogens is 784 g/mol. The fourth-order valence-corrected chi connectivity index (χ4v) is 12.1. The molecule has 0 aliphatic rings. The van der Waals surface area contributed by atoms with Crippen LogP contribution in [0.25, 0.3) is 109 Å². The van der Waals surface area contributed by atoms with Crippen LogP contribution < -0.4 is 38.2 Å². The van der Waals surface area contributed by atoms with Crippen LogP contribution in [0.1, 0.15) is 0 Å². The van der Waals surface area contributed by atoms with Gasteiger partial charge in [-0.25, -0.2) is 0 Å². The van der Waals surface area contributed by atoms with Crippen molar-refractivity contribution in [2.45, 2.75) is 0 Å². The lowest BCUT2D eigenvalue weighted by atomic mass is 9.64. The number of thiophene rings is 1. The molecule has 0 saturated heterocycles. The first kappa shape index (κ1) is 38.9. The minimum atomic E-state index is 1.18. The molecule has 12 aromatic rings. The first-order valence-corrected chi connectivity index (χ1v) is 23.3. The van der Waals surface area contributed by atoms with E-state index in [2.05, 4.69) is 228 Å². The van der Waals surface area contributed by atoms with Crippen molar-refractivity contribution in [2.75, 3.05) is 0 Å². The Morgan fingerprint density at radius 1 is 0.344 bits per heavy atom. The maximum Gasteiger partial charge on any atom is 0.141 e. The highest BCUT2D eigenvalue weighted by Gasteiger charge is 2.26. The molecule has 0 unspecified atom stereocenters. The molecule has 0 atom stereocenters. The van der Waals surface area contributed by atoms with E-state index < -0.39 is 0 Å². The van der Waals surface area contributed by atoms with Gasteiger partial charge in [-0.2, -0.15) is 0 Å². The second-order valence-corrected chi connectivity index (χ2v) is 18.9. The first-order chi connectivity index (χ1) is 31.2. The van der Waals surface area contributed by atoms with E-state index in [9.17, 15) is 0 Å². The van der Waals surface area contributed by atoms with Gasteiger partial charge in [0.2, 0.25) is 0 Å². The van der Waals surface area contributed by atoms with E-state index in [1.807, 2.05) is 11.3 Å². The Kier molecular flexibility index (Phi) is 8.91. The molecule has 0 amide bonds. The molecule has 0 fully saturated rings. The smallest absolute Gasteiger partial charge is 0.141 e. The van der Waals surface area contributed by atoms with Gasteiger partial charge >= 0.3 is 0 Å². The summed E-state index contributed by atoms with van der Waals surface area (Å²) in [6, 6.07) is 60.6. The Bertz CT molecular complexity index is 3930. The first-order valence-electron chi connectivity index (χ1n) is 22.4. The average molecular weight is 826 g/mol. The van der Waals surface area contributed by atoms with Crippen molar-refractivity contribution in [1.29, 1.82) is 0 Å². The summed E-state index contributed by atoms with van der Waals surface area (Å²) >= 11 is 1.88. The van der Waals surface area contributed by atoms with Crippen LogP contribution >= 0.6 is 11.3 Å². The number of nitrogens with zero attached hydrogens (tertiary/aromatic N) is 2. The van der Waals surface area contributed by atoms with Crippen LogP contribution in [0.15, 0.2) is 164 Å². The van der Waals surface area contributed by atoms with Crippen LogP contribution in [0.4, 0.5) is 0 Å². The van der Waals surface area contributed by atoms with E-state index in [1.54, 1.807) is 0 Å². The Balaban J connectivity index is 1.15. The zero-order valence-corrected chi connectivity index (χ0v) is 38.2. The molecule has 0 saturated carbocycles. The highest BCUT2D eigenvalue weighted by molar-refractivity contribution is 7.25. The summed E-state index contributed by atoms with van der Waals surface area (Å²) in [6.45, 7) is 0. The van der Waals surface area contributed by atoms with Gasteiger partial charge in [0.1, 0.15) is 54.9 Å². The molecule has 2 nitrogen and oxygen atoms in total. The van der Waals surface area contributed by atoms with Gasteiger partial charge < -0.3 is 9.13 Å². The second kappa shape index (κ2) is 14.7. The number of rotatable bonds is 5. The number of para-hydroxylation sites is 1. The number of benzene rings is 9. The van der Waals surface area contributed by atoms with Crippen LogP contribution in [-0.4, -0.2) is 64.1 Å². The summed E-state index contributed by atoms with van der Waals surface area (Å²) in [5.74, 6) is 0. The highest BCUT2D eigenvalue weighted by Crippen LogP contribution is 2.41. The third-order valence-corrected chi connectivity index (χ3v) is 15.8. The highest BCUT2D eigenvalue weighted by atomic mass is 32.1. The van der Waals surface area contributed by atoms with E-state index in [4.69, 9.17) is 0 Å². The molecule has 0 radical (unpaired) electrons. The zero-order chi connectivity index (χ0) is 43.5. The van der Waals surface area contributed by atoms with Gasteiger partial charge in [-0.3, -0.25) is 0 Å². The molecule has 64 heavy (non-hydrogen) atoms. The van der Waals surface area contributed by atoms with Crippen molar-refractivity contribution in [3.05, 3.63) is 164 Å². The lowest BCUT2D eigenvalue weighted by molar-refractivity contribution is 1.18. The van der Waals surface area contributed by atoms with Crippen molar-refractivity contribution in [3.63, 3.8) is 0 Å². The Labute approximate surface area is 383 Å². The van der Waals surface area contributed by atoms with Crippen LogP contribution in [-0.2, 0) is 0 Å². The molecule has 0 spiro atoms. The van der Waals surface area contributed by atoms with Gasteiger partial charge in [0.05, 0.1) is 16.7 Å². The lowest BCUT2D eigenvalue weighted by Gasteiger charge is -2.19. The van der Waals surface area contributed by atoms with Crippen molar-refractivity contribution >= 4 is 168 Å². The maximum atomic E-state index is 2.61. The minimum absolute atomic E-state index is 1.18. The minimum Gasteiger partial charge on any atom is -0.310 e. The molecule has 12 rings (SSSR count). The van der Waals surface area contributed by atoms with Gasteiger partial charge in [-0.1, -0.05) is 142 Å². The molecule has 3 heterocycles. The third-order valence-electron chi connectivity index (χ3n) is 14.6. The number of hydrogen-bond acceptors (Lipinski definition) is 1. The number of hydrogen-bond donors (Lipinski definition) is 0. The van der Waals surface area contributed by atoms with Gasteiger partial charge in [0.25, 0.3) is 0 Å². The van der Waals surface area contributed by atoms with Crippen LogP contribution in [0.2, 0.25) is 0 Å². The van der Waals surface area contributed by atoms with Crippen LogP contribution in [0, 0.1) is 0 Å². The number of fused-ring (bicyclic) bond motifs is 9. The maximum absolute atomic E-state index is 2.61. The summed E-state index contributed by atoms with van der Waals surface area (Å²) in [4.78, 5) is 0. The topological polar surface area (TPSA) is 9.86 Å². The summed E-state index contributed by atoms with van der Waals surface area (Å²) in [5.41, 5.74) is 24.3. The Morgan fingerprint density at radius 2 is 0.906 bits per heavy atom. The quantitative estimate of drug-likeness (QED) is 0.237. The van der Waals surface area contributed by atoms with Crippen LogP contribution in [0.3, 0.4) is 0 Å². The van der Waals surface area contributed by atoms with Gasteiger partial charge in [-0.15, -0.1) is 16.8 Å². The van der Waals surface area contributed by atoms with E-state index in [0.717, 1.165) is 0 Å². The lowest BCUT2D eigenvalue weighted by Crippen LogP contribution is -2.48. The molecule has 3 aromatic heterocycles. The molecular formula is C54H41B7N2S. The zero-order valence-electron chi connectivity index (χ0n) is 37.4. The van der Waals surface area contributed by atoms with E-state index in [-0.39, 0.29) is 0 Å². The van der Waals surface area contributed by atoms with Crippen molar-refractivity contribution in [1.82, 2.24) is 9.13 Å². The van der Waals surface area contributed by atoms with E-state index in [0.29, 0.717) is 0 Å². The SMILES string of the molecule is Bc1c(B)c(B)c2c(c1B)c1c(B)c(-c3ccc4c(c3)c3cc(-c5ccccc5)ccc3n4-c3ccccc3-c3ccccc3)c(B)c(B)c1n2-c1ccc2sc3ccccc3c2c1. The van der Waals surface area contributed by atoms with Crippen molar-refractivity contribution < 1.29 is 0 Å². The summed E-state index contributed by atoms with van der Waals surface area (Å²) < 4.78 is 7.75. The molecule has 0 bridgehead atoms. The summed E-state index contributed by atoms with van der Waals surface area (Å²) in [7, 11) is 16.4. The molecule has 0 aliphatic carbocycles. The predicted octanol–water partition coefficient (Wildman–Crippen LogP) is 3.06. The fourth-order valence-electron chi connectivity index (χ4n) is 11.0. The van der Waals surface area contributed by atoms with Gasteiger partial charge in [-0.05, 0) is 87.8 Å². The van der Waals surface area contributed by atoms with Gasteiger partial charge in [0, 0.05) is 58.6 Å². The van der Waals surface area contributed by atoms with Crippen molar-refractivity contribution in [2.24, 2.45) is 0 Å². The third kappa shape index (κ3) is 5.61. The standard InChI is InChI=1S/C54H41B7N2S/c55-46-43(47(56)51(60)53-44(46)45-48(57)49(58)50(59)52(61)54(45)62(53)32-21-24-42-37(27-32)34-16-8-10-18-41(34)64-42)31-20-23-40-36(26-31)35-25-30(28-11-3-1-4-12-28)19-22-39(35)63(40)38-17-9-7-15-33(38)29-13-5-2-6-14-29/h1-27H,55-61H2. The normalized spacial score (nSPS) is 11.9. The summed E-state index contributed by atoms with van der Waals surface area (Å²) in [5, 5.41) is 7.88. The van der Waals surface area contributed by atoms with Crippen molar-refractivity contribution in [3.8, 4) is 44.8 Å². The monoisotopic (exact) mass is 826 g/mol. The molecule has 294 valence electrons. The molecule has 0 N–H and O–H groups in total. The fraction of sp³-hybridized carbons (Fsp3) is 0. The largest absolute Gasteiger partial charge is 0.310 e. The van der Waals surface area contributed by atoms with E-state index in [1.165, 1.54) is 147 Å². The van der Waals surface area contributed by atoms with Crippen LogP contribution in [0.5, 0.6) is 0 Å². The summed E-state index contributed by atoms with van der Waals surface area (Å²) in [6.07, 6.45) is 0.